The molecule has 1 saturated heterocycles. The van der Waals surface area contributed by atoms with E-state index in [4.69, 9.17) is 0 Å². The van der Waals surface area contributed by atoms with Crippen LogP contribution >= 0.6 is 0 Å². The highest BCUT2D eigenvalue weighted by atomic mass is 16.6. The summed E-state index contributed by atoms with van der Waals surface area (Å²) in [6.07, 6.45) is 5.27. The summed E-state index contributed by atoms with van der Waals surface area (Å²) >= 11 is 0. The van der Waals surface area contributed by atoms with E-state index in [1.807, 2.05) is 0 Å². The molecule has 1 aromatic heterocycles. The first-order chi connectivity index (χ1) is 8.22. The summed E-state index contributed by atoms with van der Waals surface area (Å²) in [4.78, 5) is 25.9. The highest BCUT2D eigenvalue weighted by Crippen LogP contribution is 2.31. The molecule has 0 atom stereocenters. The number of fused-ring (bicyclic) bond motifs is 1. The van der Waals surface area contributed by atoms with E-state index in [1.54, 1.807) is 0 Å². The molecule has 4 heteroatoms. The third-order valence-electron chi connectivity index (χ3n) is 3.63. The summed E-state index contributed by atoms with van der Waals surface area (Å²) in [7, 11) is 0. The maximum Gasteiger partial charge on any atom is 0.314 e. The van der Waals surface area contributed by atoms with Crippen molar-refractivity contribution in [3.05, 3.63) is 23.0 Å². The number of esters is 2. The predicted octanol–water partition coefficient (Wildman–Crippen LogP) is 1.84. The van der Waals surface area contributed by atoms with E-state index >= 15 is 0 Å². The van der Waals surface area contributed by atoms with Crippen LogP contribution in [0.5, 0.6) is 0 Å². The number of aryl methyl sites for hydroxylation is 2. The molecular formula is C13H15NO3. The second kappa shape index (κ2) is 4.02. The smallest absolute Gasteiger partial charge is 0.314 e. The normalized spacial score (nSPS) is 21.2. The van der Waals surface area contributed by atoms with Crippen LogP contribution < -0.4 is 0 Å². The van der Waals surface area contributed by atoms with Crippen LogP contribution in [0.15, 0.2) is 6.07 Å². The van der Waals surface area contributed by atoms with Crippen molar-refractivity contribution < 1.29 is 14.3 Å². The van der Waals surface area contributed by atoms with Gasteiger partial charge in [0.1, 0.15) is 0 Å². The van der Waals surface area contributed by atoms with E-state index in [1.165, 1.54) is 24.1 Å². The first kappa shape index (κ1) is 10.6. The number of ether oxygens (including phenoxy) is 1. The minimum Gasteiger partial charge on any atom is -0.393 e. The van der Waals surface area contributed by atoms with Crippen molar-refractivity contribution in [1.29, 1.82) is 0 Å². The Morgan fingerprint density at radius 1 is 1.12 bits per heavy atom. The lowest BCUT2D eigenvalue weighted by Crippen LogP contribution is -2.24. The van der Waals surface area contributed by atoms with Gasteiger partial charge in [-0.25, -0.2) is 0 Å². The predicted molar refractivity (Wildman–Crippen MR) is 60.5 cm³/mol. The fourth-order valence-corrected chi connectivity index (χ4v) is 2.75. The number of carbonyl (C=O) groups is 2. The van der Waals surface area contributed by atoms with E-state index < -0.39 is 11.9 Å². The molecule has 1 N–H and O–H groups in total. The molecule has 3 rings (SSSR count). The molecule has 90 valence electrons. The quantitative estimate of drug-likeness (QED) is 0.594. The van der Waals surface area contributed by atoms with Crippen LogP contribution in [-0.2, 0) is 27.2 Å². The molecule has 0 spiro atoms. The molecule has 17 heavy (non-hydrogen) atoms. The SMILES string of the molecule is O=C1CC(c2cc3c([nH]2)CCCC3)CC(=O)O1. The third-order valence-corrected chi connectivity index (χ3v) is 3.63. The highest BCUT2D eigenvalue weighted by Gasteiger charge is 2.30. The number of aromatic nitrogens is 1. The third kappa shape index (κ3) is 1.99. The Balaban J connectivity index is 1.85. The molecule has 0 saturated carbocycles. The van der Waals surface area contributed by atoms with E-state index in [2.05, 4.69) is 15.8 Å². The number of nitrogens with one attached hydrogen (secondary N) is 1. The molecule has 1 aliphatic heterocycles. The van der Waals surface area contributed by atoms with Crippen LogP contribution in [0.4, 0.5) is 0 Å². The number of cyclic esters (lactones) is 2. The number of hydrogen-bond acceptors (Lipinski definition) is 3. The second-order valence-corrected chi connectivity index (χ2v) is 4.89. The Morgan fingerprint density at radius 3 is 2.53 bits per heavy atom. The zero-order valence-corrected chi connectivity index (χ0v) is 9.62. The fourth-order valence-electron chi connectivity index (χ4n) is 2.75. The molecule has 0 bridgehead atoms. The summed E-state index contributed by atoms with van der Waals surface area (Å²) < 4.78 is 4.55. The molecular weight excluding hydrogens is 218 g/mol. The summed E-state index contributed by atoms with van der Waals surface area (Å²) in [5.41, 5.74) is 3.68. The molecule has 0 unspecified atom stereocenters. The highest BCUT2D eigenvalue weighted by molar-refractivity contribution is 5.89. The van der Waals surface area contributed by atoms with Gasteiger partial charge in [-0.2, -0.15) is 0 Å². The van der Waals surface area contributed by atoms with Gasteiger partial charge in [0.2, 0.25) is 0 Å². The van der Waals surface area contributed by atoms with Crippen molar-refractivity contribution in [2.24, 2.45) is 0 Å². The topological polar surface area (TPSA) is 59.2 Å². The maximum absolute atomic E-state index is 11.2. The van der Waals surface area contributed by atoms with Crippen molar-refractivity contribution in [2.75, 3.05) is 0 Å². The van der Waals surface area contributed by atoms with E-state index in [-0.39, 0.29) is 5.92 Å². The molecule has 1 fully saturated rings. The van der Waals surface area contributed by atoms with E-state index in [9.17, 15) is 9.59 Å². The molecule has 0 amide bonds. The van der Waals surface area contributed by atoms with Crippen LogP contribution in [0.2, 0.25) is 0 Å². The van der Waals surface area contributed by atoms with Crippen molar-refractivity contribution in [3.63, 3.8) is 0 Å². The van der Waals surface area contributed by atoms with E-state index in [0.717, 1.165) is 18.5 Å². The summed E-state index contributed by atoms with van der Waals surface area (Å²) in [5, 5.41) is 0. The largest absolute Gasteiger partial charge is 0.393 e. The molecule has 0 aromatic carbocycles. The van der Waals surface area contributed by atoms with Gasteiger partial charge < -0.3 is 9.72 Å². The van der Waals surface area contributed by atoms with Crippen molar-refractivity contribution >= 4 is 11.9 Å². The number of carbonyl (C=O) groups excluding carboxylic acids is 2. The zero-order chi connectivity index (χ0) is 11.8. The van der Waals surface area contributed by atoms with Crippen LogP contribution in [0, 0.1) is 0 Å². The van der Waals surface area contributed by atoms with Crippen LogP contribution in [0.25, 0.3) is 0 Å². The number of hydrogen-bond donors (Lipinski definition) is 1. The monoisotopic (exact) mass is 233 g/mol. The average molecular weight is 233 g/mol. The molecule has 0 radical (unpaired) electrons. The number of aromatic amines is 1. The van der Waals surface area contributed by atoms with Gasteiger partial charge in [0, 0.05) is 17.3 Å². The van der Waals surface area contributed by atoms with Crippen LogP contribution in [0.3, 0.4) is 0 Å². The second-order valence-electron chi connectivity index (χ2n) is 4.89. The molecule has 1 aliphatic carbocycles. The van der Waals surface area contributed by atoms with E-state index in [0.29, 0.717) is 12.8 Å². The summed E-state index contributed by atoms with van der Waals surface area (Å²) in [6, 6.07) is 2.13. The minimum atomic E-state index is -0.404. The standard InChI is InChI=1S/C13H15NO3/c15-12-6-9(7-13(16)17-12)11-5-8-3-1-2-4-10(8)14-11/h5,9,14H,1-4,6-7H2. The van der Waals surface area contributed by atoms with Gasteiger partial charge in [0.25, 0.3) is 0 Å². The average Bonchev–Trinajstić information content (AvgIpc) is 2.71. The summed E-state index contributed by atoms with van der Waals surface area (Å²) in [5.74, 6) is -0.827. The van der Waals surface area contributed by atoms with Gasteiger partial charge in [0.15, 0.2) is 0 Å². The lowest BCUT2D eigenvalue weighted by atomic mass is 9.94. The van der Waals surface area contributed by atoms with Gasteiger partial charge in [0.05, 0.1) is 12.8 Å². The van der Waals surface area contributed by atoms with Crippen molar-refractivity contribution in [3.8, 4) is 0 Å². The first-order valence-corrected chi connectivity index (χ1v) is 6.16. The fraction of sp³-hybridized carbons (Fsp3) is 0.538. The van der Waals surface area contributed by atoms with Crippen molar-refractivity contribution in [2.45, 2.75) is 44.4 Å². The Hall–Kier alpha value is -1.58. The lowest BCUT2D eigenvalue weighted by Gasteiger charge is -2.18. The molecule has 2 aliphatic rings. The number of H-pyrrole nitrogens is 1. The van der Waals surface area contributed by atoms with Gasteiger partial charge in [-0.05, 0) is 37.3 Å². The Bertz CT molecular complexity index is 436. The molecule has 2 heterocycles. The van der Waals surface area contributed by atoms with Gasteiger partial charge in [-0.3, -0.25) is 9.59 Å². The minimum absolute atomic E-state index is 0.0191. The lowest BCUT2D eigenvalue weighted by molar-refractivity contribution is -0.164. The van der Waals surface area contributed by atoms with Gasteiger partial charge >= 0.3 is 11.9 Å². The van der Waals surface area contributed by atoms with Gasteiger partial charge in [-0.15, -0.1) is 0 Å². The Morgan fingerprint density at radius 2 is 1.82 bits per heavy atom. The van der Waals surface area contributed by atoms with Crippen LogP contribution in [-0.4, -0.2) is 16.9 Å². The molecule has 1 aromatic rings. The maximum atomic E-state index is 11.2. The Kier molecular flexibility index (Phi) is 2.50. The number of rotatable bonds is 1. The molecule has 4 nitrogen and oxygen atoms in total. The summed E-state index contributed by atoms with van der Waals surface area (Å²) in [6.45, 7) is 0. The first-order valence-electron chi connectivity index (χ1n) is 6.16. The zero-order valence-electron chi connectivity index (χ0n) is 9.62. The van der Waals surface area contributed by atoms with Crippen LogP contribution in [0.1, 0.15) is 48.6 Å². The van der Waals surface area contributed by atoms with Gasteiger partial charge in [-0.1, -0.05) is 0 Å². The van der Waals surface area contributed by atoms with Crippen molar-refractivity contribution in [1.82, 2.24) is 4.98 Å². The Labute approximate surface area is 99.3 Å².